The summed E-state index contributed by atoms with van der Waals surface area (Å²) in [4.78, 5) is 17.4. The maximum atomic E-state index is 12.6. The third-order valence-corrected chi connectivity index (χ3v) is 6.68. The van der Waals surface area contributed by atoms with E-state index in [1.165, 1.54) is 40.4 Å². The Morgan fingerprint density at radius 2 is 1.65 bits per heavy atom. The quantitative estimate of drug-likeness (QED) is 0.789. The molecule has 1 aliphatic heterocycles. The van der Waals surface area contributed by atoms with Crippen molar-refractivity contribution in [1.29, 1.82) is 0 Å². The molecular formula is C22H26N2OS. The highest BCUT2D eigenvalue weighted by atomic mass is 32.2. The van der Waals surface area contributed by atoms with Gasteiger partial charge >= 0.3 is 0 Å². The molecule has 1 heterocycles. The van der Waals surface area contributed by atoms with Crippen molar-refractivity contribution in [2.45, 2.75) is 54.9 Å². The summed E-state index contributed by atoms with van der Waals surface area (Å²) in [5.41, 5.74) is 2.41. The number of benzene rings is 2. The van der Waals surface area contributed by atoms with E-state index >= 15 is 0 Å². The fourth-order valence-corrected chi connectivity index (χ4v) is 5.14. The van der Waals surface area contributed by atoms with E-state index in [9.17, 15) is 4.79 Å². The summed E-state index contributed by atoms with van der Waals surface area (Å²) >= 11 is 1.81. The molecule has 2 aliphatic rings. The van der Waals surface area contributed by atoms with Crippen molar-refractivity contribution in [2.24, 2.45) is 5.92 Å². The molecule has 2 atom stereocenters. The van der Waals surface area contributed by atoms with Crippen LogP contribution in [0.2, 0.25) is 0 Å². The molecule has 0 spiro atoms. The monoisotopic (exact) mass is 366 g/mol. The summed E-state index contributed by atoms with van der Waals surface area (Å²) in [6, 6.07) is 17.3. The van der Waals surface area contributed by atoms with Gasteiger partial charge < -0.3 is 10.2 Å². The zero-order valence-corrected chi connectivity index (χ0v) is 16.1. The van der Waals surface area contributed by atoms with Crippen LogP contribution in [-0.4, -0.2) is 18.5 Å². The fourth-order valence-electron chi connectivity index (χ4n) is 4.05. The lowest BCUT2D eigenvalue weighted by molar-refractivity contribution is -0.122. The van der Waals surface area contributed by atoms with Crippen LogP contribution in [0.1, 0.15) is 39.0 Å². The Balaban J connectivity index is 1.47. The Hall–Kier alpha value is -1.94. The number of anilines is 2. The lowest BCUT2D eigenvalue weighted by Crippen LogP contribution is -2.42. The van der Waals surface area contributed by atoms with Crippen molar-refractivity contribution in [1.82, 2.24) is 5.32 Å². The minimum Gasteiger partial charge on any atom is -0.353 e. The van der Waals surface area contributed by atoms with E-state index < -0.39 is 0 Å². The minimum absolute atomic E-state index is 0.178. The number of amides is 1. The first-order valence-electron chi connectivity index (χ1n) is 9.65. The molecule has 0 saturated heterocycles. The van der Waals surface area contributed by atoms with Gasteiger partial charge in [0.2, 0.25) is 5.91 Å². The number of para-hydroxylation sites is 2. The second-order valence-corrected chi connectivity index (χ2v) is 8.46. The molecule has 1 amide bonds. The largest absolute Gasteiger partial charge is 0.353 e. The van der Waals surface area contributed by atoms with Crippen LogP contribution in [0.4, 0.5) is 11.4 Å². The number of fused-ring (bicyclic) bond motifs is 2. The van der Waals surface area contributed by atoms with Crippen LogP contribution in [0.25, 0.3) is 0 Å². The van der Waals surface area contributed by atoms with Crippen molar-refractivity contribution in [3.8, 4) is 0 Å². The first-order valence-corrected chi connectivity index (χ1v) is 10.5. The summed E-state index contributed by atoms with van der Waals surface area (Å²) < 4.78 is 0. The predicted molar refractivity (Wildman–Crippen MR) is 108 cm³/mol. The van der Waals surface area contributed by atoms with Gasteiger partial charge in [0, 0.05) is 28.8 Å². The third kappa shape index (κ3) is 3.61. The summed E-state index contributed by atoms with van der Waals surface area (Å²) in [6.07, 6.45) is 5.41. The van der Waals surface area contributed by atoms with Crippen molar-refractivity contribution < 1.29 is 4.79 Å². The van der Waals surface area contributed by atoms with Gasteiger partial charge in [0.1, 0.15) is 0 Å². The van der Waals surface area contributed by atoms with E-state index in [4.69, 9.17) is 0 Å². The van der Waals surface area contributed by atoms with Crippen molar-refractivity contribution in [3.63, 3.8) is 0 Å². The molecule has 136 valence electrons. The van der Waals surface area contributed by atoms with Gasteiger partial charge in [-0.2, -0.15) is 0 Å². The van der Waals surface area contributed by atoms with Crippen LogP contribution in [0, 0.1) is 5.92 Å². The van der Waals surface area contributed by atoms with E-state index in [1.807, 2.05) is 11.8 Å². The van der Waals surface area contributed by atoms with Gasteiger partial charge in [0.15, 0.2) is 0 Å². The normalized spacial score (nSPS) is 21.7. The Kier molecular flexibility index (Phi) is 5.21. The highest BCUT2D eigenvalue weighted by Gasteiger charge is 2.25. The number of carbonyl (C=O) groups is 1. The molecule has 0 radical (unpaired) electrons. The molecule has 1 aliphatic carbocycles. The number of carbonyl (C=O) groups excluding carboxylic acids is 1. The van der Waals surface area contributed by atoms with E-state index in [0.717, 1.165) is 6.42 Å². The zero-order valence-electron chi connectivity index (χ0n) is 15.3. The molecule has 0 unspecified atom stereocenters. The Morgan fingerprint density at radius 1 is 1.04 bits per heavy atom. The Labute approximate surface area is 160 Å². The van der Waals surface area contributed by atoms with Crippen LogP contribution in [-0.2, 0) is 4.79 Å². The van der Waals surface area contributed by atoms with Crippen LogP contribution >= 0.6 is 11.8 Å². The summed E-state index contributed by atoms with van der Waals surface area (Å²) in [7, 11) is 0. The van der Waals surface area contributed by atoms with Crippen LogP contribution in [0.15, 0.2) is 58.3 Å². The molecule has 26 heavy (non-hydrogen) atoms. The molecular weight excluding hydrogens is 340 g/mol. The Bertz CT molecular complexity index is 746. The van der Waals surface area contributed by atoms with Gasteiger partial charge in [-0.05, 0) is 43.0 Å². The van der Waals surface area contributed by atoms with Crippen LogP contribution in [0.3, 0.4) is 0 Å². The maximum Gasteiger partial charge on any atom is 0.222 e. The van der Waals surface area contributed by atoms with Gasteiger partial charge in [0.25, 0.3) is 0 Å². The average Bonchev–Trinajstić information content (AvgIpc) is 2.67. The highest BCUT2D eigenvalue weighted by Crippen LogP contribution is 2.47. The molecule has 1 saturated carbocycles. The molecule has 0 bridgehead atoms. The highest BCUT2D eigenvalue weighted by molar-refractivity contribution is 7.99. The van der Waals surface area contributed by atoms with Gasteiger partial charge in [-0.1, -0.05) is 55.8 Å². The molecule has 2 aromatic rings. The second kappa shape index (κ2) is 7.75. The van der Waals surface area contributed by atoms with Gasteiger partial charge in [-0.3, -0.25) is 4.79 Å². The lowest BCUT2D eigenvalue weighted by Gasteiger charge is -2.33. The molecule has 4 rings (SSSR count). The van der Waals surface area contributed by atoms with Gasteiger partial charge in [0.05, 0.1) is 11.4 Å². The average molecular weight is 367 g/mol. The molecule has 3 nitrogen and oxygen atoms in total. The summed E-state index contributed by atoms with van der Waals surface area (Å²) in [5.74, 6) is 0.775. The SMILES string of the molecule is C[C@H]1CCCC[C@@H]1NC(=O)CCN1c2ccccc2Sc2ccccc21. The van der Waals surface area contributed by atoms with E-state index in [2.05, 4.69) is 65.7 Å². The maximum absolute atomic E-state index is 12.6. The van der Waals surface area contributed by atoms with Crippen molar-refractivity contribution in [3.05, 3.63) is 48.5 Å². The first-order chi connectivity index (χ1) is 12.7. The standard InChI is InChI=1S/C22H26N2OS/c1-16-8-2-3-9-17(16)23-22(25)14-15-24-18-10-4-6-12-20(18)26-21-13-7-5-11-19(21)24/h4-7,10-13,16-17H,2-3,8-9,14-15H2,1H3,(H,23,25)/t16-,17-/m0/s1. The molecule has 2 aromatic carbocycles. The number of nitrogens with one attached hydrogen (secondary N) is 1. The number of rotatable bonds is 4. The number of hydrogen-bond acceptors (Lipinski definition) is 3. The van der Waals surface area contributed by atoms with Gasteiger partial charge in [-0.25, -0.2) is 0 Å². The summed E-state index contributed by atoms with van der Waals surface area (Å²) in [5, 5.41) is 3.29. The number of hydrogen-bond donors (Lipinski definition) is 1. The van der Waals surface area contributed by atoms with E-state index in [1.54, 1.807) is 0 Å². The lowest BCUT2D eigenvalue weighted by atomic mass is 9.86. The van der Waals surface area contributed by atoms with Crippen LogP contribution in [0.5, 0.6) is 0 Å². The van der Waals surface area contributed by atoms with E-state index in [-0.39, 0.29) is 5.91 Å². The fraction of sp³-hybridized carbons (Fsp3) is 0.409. The van der Waals surface area contributed by atoms with Crippen molar-refractivity contribution in [2.75, 3.05) is 11.4 Å². The zero-order chi connectivity index (χ0) is 17.9. The topological polar surface area (TPSA) is 32.3 Å². The van der Waals surface area contributed by atoms with E-state index in [0.29, 0.717) is 24.9 Å². The van der Waals surface area contributed by atoms with Gasteiger partial charge in [-0.15, -0.1) is 0 Å². The summed E-state index contributed by atoms with van der Waals surface area (Å²) in [6.45, 7) is 2.97. The predicted octanol–water partition coefficient (Wildman–Crippen LogP) is 5.37. The molecule has 0 aromatic heterocycles. The molecule has 1 fully saturated rings. The van der Waals surface area contributed by atoms with Crippen LogP contribution < -0.4 is 10.2 Å². The second-order valence-electron chi connectivity index (χ2n) is 7.37. The number of nitrogens with zero attached hydrogens (tertiary/aromatic N) is 1. The van der Waals surface area contributed by atoms with Crippen molar-refractivity contribution >= 4 is 29.0 Å². The smallest absolute Gasteiger partial charge is 0.222 e. The Morgan fingerprint density at radius 3 is 2.31 bits per heavy atom. The minimum atomic E-state index is 0.178. The molecule has 1 N–H and O–H groups in total. The molecule has 4 heteroatoms. The third-order valence-electron chi connectivity index (χ3n) is 5.55. The first kappa shape index (κ1) is 17.5.